The normalized spacial score (nSPS) is 15.3. The maximum Gasteiger partial charge on any atom is 0.276 e. The van der Waals surface area contributed by atoms with Crippen LogP contribution in [-0.2, 0) is 16.8 Å². The van der Waals surface area contributed by atoms with Crippen molar-refractivity contribution in [1.29, 1.82) is 0 Å². The molecule has 0 spiro atoms. The zero-order chi connectivity index (χ0) is 23.3. The lowest BCUT2D eigenvalue weighted by Crippen LogP contribution is -2.31. The topological polar surface area (TPSA) is 50.8 Å². The molecule has 1 fully saturated rings. The Labute approximate surface area is 196 Å². The Balaban J connectivity index is 1.75. The van der Waals surface area contributed by atoms with Crippen molar-refractivity contribution in [2.24, 2.45) is 0 Å². The highest BCUT2D eigenvalue weighted by atomic mass is 32.1. The number of benzene rings is 2. The van der Waals surface area contributed by atoms with Gasteiger partial charge in [-0.15, -0.1) is 0 Å². The Bertz CT molecular complexity index is 1010. The second-order valence-corrected chi connectivity index (χ2v) is 9.32. The Hall–Kier alpha value is -2.86. The first-order chi connectivity index (χ1) is 15.2. The summed E-state index contributed by atoms with van der Waals surface area (Å²) in [5, 5.41) is 3.50. The van der Waals surface area contributed by atoms with Gasteiger partial charge in [-0.05, 0) is 65.5 Å². The van der Waals surface area contributed by atoms with Crippen molar-refractivity contribution in [1.82, 2.24) is 10.2 Å². The summed E-state index contributed by atoms with van der Waals surface area (Å²) in [6.45, 7) is 9.65. The van der Waals surface area contributed by atoms with Crippen molar-refractivity contribution in [3.63, 3.8) is 0 Å². The van der Waals surface area contributed by atoms with Gasteiger partial charge in [0.1, 0.15) is 23.8 Å². The van der Waals surface area contributed by atoms with Crippen molar-refractivity contribution in [3.8, 4) is 11.5 Å². The van der Waals surface area contributed by atoms with E-state index in [4.69, 9.17) is 21.7 Å². The van der Waals surface area contributed by atoms with Gasteiger partial charge >= 0.3 is 0 Å². The number of rotatable bonds is 8. The van der Waals surface area contributed by atoms with E-state index in [1.807, 2.05) is 36.4 Å². The van der Waals surface area contributed by atoms with Crippen LogP contribution < -0.4 is 14.8 Å². The van der Waals surface area contributed by atoms with Crippen molar-refractivity contribution >= 4 is 29.3 Å². The van der Waals surface area contributed by atoms with E-state index in [0.29, 0.717) is 24.0 Å². The molecule has 0 aliphatic carbocycles. The fourth-order valence-electron chi connectivity index (χ4n) is 3.47. The molecule has 0 unspecified atom stereocenters. The lowest BCUT2D eigenvalue weighted by atomic mass is 9.87. The maximum absolute atomic E-state index is 12.7. The quantitative estimate of drug-likeness (QED) is 0.428. The van der Waals surface area contributed by atoms with Gasteiger partial charge in [0.2, 0.25) is 0 Å². The molecule has 0 radical (unpaired) electrons. The van der Waals surface area contributed by atoms with Crippen LogP contribution >= 0.6 is 12.2 Å². The van der Waals surface area contributed by atoms with Gasteiger partial charge in [0.05, 0.1) is 7.11 Å². The molecule has 1 saturated heterocycles. The van der Waals surface area contributed by atoms with E-state index in [0.717, 1.165) is 35.5 Å². The fourth-order valence-corrected chi connectivity index (χ4v) is 3.76. The Morgan fingerprint density at radius 3 is 2.47 bits per heavy atom. The second-order valence-electron chi connectivity index (χ2n) is 8.93. The molecular formula is C26H32N2O3S. The van der Waals surface area contributed by atoms with Crippen LogP contribution in [0.1, 0.15) is 57.2 Å². The summed E-state index contributed by atoms with van der Waals surface area (Å²) in [6, 6.07) is 14.0. The molecule has 0 atom stereocenters. The van der Waals surface area contributed by atoms with E-state index in [1.165, 1.54) is 5.56 Å². The van der Waals surface area contributed by atoms with Gasteiger partial charge in [0.25, 0.3) is 5.91 Å². The summed E-state index contributed by atoms with van der Waals surface area (Å²) >= 11 is 5.33. The first-order valence-electron chi connectivity index (χ1n) is 11.0. The van der Waals surface area contributed by atoms with Gasteiger partial charge < -0.3 is 14.8 Å². The number of carbonyl (C=O) groups is 1. The van der Waals surface area contributed by atoms with Gasteiger partial charge in [0, 0.05) is 12.1 Å². The van der Waals surface area contributed by atoms with Crippen molar-refractivity contribution in [2.75, 3.05) is 13.7 Å². The molecule has 5 nitrogen and oxygen atoms in total. The van der Waals surface area contributed by atoms with Crippen molar-refractivity contribution in [2.45, 2.75) is 52.6 Å². The molecule has 6 heteroatoms. The number of methoxy groups -OCH3 is 1. The Kier molecular flexibility index (Phi) is 7.56. The summed E-state index contributed by atoms with van der Waals surface area (Å²) in [4.78, 5) is 14.3. The van der Waals surface area contributed by atoms with Crippen LogP contribution in [-0.4, -0.2) is 29.6 Å². The zero-order valence-electron chi connectivity index (χ0n) is 19.5. The number of nitrogens with one attached hydrogen (secondary N) is 1. The standard InChI is InChI=1S/C26H32N2O3S/c1-6-7-14-28-24(29)22(27-25(28)32)16-18-8-13-23(30-5)19(15-18)17-31-21-11-9-20(10-12-21)26(2,3)4/h8-13,15-16H,6-7,14,17H2,1-5H3,(H,27,32)/b22-16+. The molecule has 2 aromatic carbocycles. The minimum atomic E-state index is -0.0870. The number of hydrogen-bond acceptors (Lipinski definition) is 4. The van der Waals surface area contributed by atoms with Crippen LogP contribution in [0.25, 0.3) is 6.08 Å². The molecule has 0 saturated carbocycles. The molecular weight excluding hydrogens is 420 g/mol. The highest BCUT2D eigenvalue weighted by Crippen LogP contribution is 2.27. The predicted molar refractivity (Wildman–Crippen MR) is 133 cm³/mol. The SMILES string of the molecule is CCCCN1C(=O)/C(=C\c2ccc(OC)c(COc3ccc(C(C)(C)C)cc3)c2)NC1=S. The predicted octanol–water partition coefficient (Wildman–Crippen LogP) is 5.43. The van der Waals surface area contributed by atoms with Gasteiger partial charge in [-0.1, -0.05) is 52.3 Å². The first-order valence-corrected chi connectivity index (χ1v) is 11.4. The Morgan fingerprint density at radius 2 is 1.84 bits per heavy atom. The largest absolute Gasteiger partial charge is 0.496 e. The fraction of sp³-hybridized carbons (Fsp3) is 0.385. The first kappa shape index (κ1) is 23.8. The molecule has 0 aromatic heterocycles. The number of thiocarbonyl (C=S) groups is 1. The molecule has 2 aromatic rings. The smallest absolute Gasteiger partial charge is 0.276 e. The zero-order valence-corrected chi connectivity index (χ0v) is 20.3. The van der Waals surface area contributed by atoms with Crippen LogP contribution in [0, 0.1) is 0 Å². The molecule has 1 aliphatic heterocycles. The minimum Gasteiger partial charge on any atom is -0.496 e. The van der Waals surface area contributed by atoms with Gasteiger partial charge in [-0.25, -0.2) is 0 Å². The van der Waals surface area contributed by atoms with Gasteiger partial charge in [-0.2, -0.15) is 0 Å². The minimum absolute atomic E-state index is 0.0870. The molecule has 170 valence electrons. The lowest BCUT2D eigenvalue weighted by molar-refractivity contribution is -0.122. The van der Waals surface area contributed by atoms with Crippen LogP contribution in [0.3, 0.4) is 0 Å². The summed E-state index contributed by atoms with van der Waals surface area (Å²) in [6.07, 6.45) is 3.75. The number of ether oxygens (including phenoxy) is 2. The average Bonchev–Trinajstić information content (AvgIpc) is 3.03. The monoisotopic (exact) mass is 452 g/mol. The Morgan fingerprint density at radius 1 is 1.12 bits per heavy atom. The number of carbonyl (C=O) groups excluding carboxylic acids is 1. The van der Waals surface area contributed by atoms with Crippen LogP contribution in [0.4, 0.5) is 0 Å². The third-order valence-electron chi connectivity index (χ3n) is 5.43. The highest BCUT2D eigenvalue weighted by molar-refractivity contribution is 7.80. The van der Waals surface area contributed by atoms with E-state index >= 15 is 0 Å². The highest BCUT2D eigenvalue weighted by Gasteiger charge is 2.29. The number of nitrogens with zero attached hydrogens (tertiary/aromatic N) is 1. The van der Waals surface area contributed by atoms with E-state index < -0.39 is 0 Å². The molecule has 1 N–H and O–H groups in total. The summed E-state index contributed by atoms with van der Waals surface area (Å²) in [7, 11) is 1.64. The summed E-state index contributed by atoms with van der Waals surface area (Å²) < 4.78 is 11.5. The molecule has 1 aliphatic rings. The van der Waals surface area contributed by atoms with E-state index in [9.17, 15) is 4.79 Å². The van der Waals surface area contributed by atoms with E-state index in [1.54, 1.807) is 12.0 Å². The third kappa shape index (κ3) is 5.68. The van der Waals surface area contributed by atoms with Crippen molar-refractivity contribution in [3.05, 3.63) is 64.9 Å². The van der Waals surface area contributed by atoms with E-state index in [-0.39, 0.29) is 11.3 Å². The number of unbranched alkanes of at least 4 members (excludes halogenated alkanes) is 1. The van der Waals surface area contributed by atoms with Gasteiger partial charge in [0.15, 0.2) is 5.11 Å². The summed E-state index contributed by atoms with van der Waals surface area (Å²) in [5.74, 6) is 1.45. The molecule has 0 bridgehead atoms. The second kappa shape index (κ2) is 10.2. The van der Waals surface area contributed by atoms with E-state index in [2.05, 4.69) is 45.1 Å². The molecule has 3 rings (SSSR count). The maximum atomic E-state index is 12.7. The average molecular weight is 453 g/mol. The summed E-state index contributed by atoms with van der Waals surface area (Å²) in [5.41, 5.74) is 3.63. The van der Waals surface area contributed by atoms with Crippen LogP contribution in [0.15, 0.2) is 48.2 Å². The molecule has 1 amide bonds. The third-order valence-corrected chi connectivity index (χ3v) is 5.75. The van der Waals surface area contributed by atoms with Crippen LogP contribution in [0.2, 0.25) is 0 Å². The van der Waals surface area contributed by atoms with Gasteiger partial charge in [-0.3, -0.25) is 9.69 Å². The number of hydrogen-bond donors (Lipinski definition) is 1. The lowest BCUT2D eigenvalue weighted by Gasteiger charge is -2.19. The van der Waals surface area contributed by atoms with Crippen molar-refractivity contribution < 1.29 is 14.3 Å². The molecule has 1 heterocycles. The molecule has 32 heavy (non-hydrogen) atoms. The van der Waals surface area contributed by atoms with Crippen LogP contribution in [0.5, 0.6) is 11.5 Å². The number of amides is 1.